The molecule has 0 spiro atoms. The molecule has 19 heavy (non-hydrogen) atoms. The molecule has 1 aromatic rings. The van der Waals surface area contributed by atoms with Gasteiger partial charge in [-0.15, -0.1) is 0 Å². The van der Waals surface area contributed by atoms with Gasteiger partial charge in [-0.3, -0.25) is 4.68 Å². The van der Waals surface area contributed by atoms with E-state index in [1.165, 1.54) is 17.2 Å². The van der Waals surface area contributed by atoms with Crippen LogP contribution in [-0.2, 0) is 7.05 Å². The molecule has 0 amide bonds. The van der Waals surface area contributed by atoms with Crippen LogP contribution in [0.25, 0.3) is 0 Å². The van der Waals surface area contributed by atoms with Gasteiger partial charge in [0.1, 0.15) is 0 Å². The van der Waals surface area contributed by atoms with Gasteiger partial charge in [0.15, 0.2) is 0 Å². The molecule has 1 aliphatic rings. The minimum absolute atomic E-state index is 0.370. The van der Waals surface area contributed by atoms with Crippen LogP contribution < -0.4 is 5.32 Å². The summed E-state index contributed by atoms with van der Waals surface area (Å²) in [7, 11) is 2.03. The van der Waals surface area contributed by atoms with Crippen LogP contribution in [0.15, 0.2) is 10.7 Å². The van der Waals surface area contributed by atoms with Crippen LogP contribution in [0.1, 0.15) is 32.0 Å². The number of halogens is 1. The highest BCUT2D eigenvalue weighted by Crippen LogP contribution is 2.40. The second-order valence-electron chi connectivity index (χ2n) is 4.84. The molecule has 3 unspecified atom stereocenters. The average Bonchev–Trinajstić information content (AvgIpc) is 2.73. The van der Waals surface area contributed by atoms with E-state index in [4.69, 9.17) is 0 Å². The Hall–Kier alpha value is 0.350. The molecule has 1 aromatic heterocycles. The quantitative estimate of drug-likeness (QED) is 0.867. The molecule has 3 nitrogen and oxygen atoms in total. The molecular weight excluding hydrogens is 342 g/mol. The summed E-state index contributed by atoms with van der Waals surface area (Å²) in [5.74, 6) is 2.52. The van der Waals surface area contributed by atoms with Gasteiger partial charge < -0.3 is 5.32 Å². The first-order valence-electron chi connectivity index (χ1n) is 6.79. The minimum atomic E-state index is 0.370. The van der Waals surface area contributed by atoms with Crippen molar-refractivity contribution in [3.05, 3.63) is 16.4 Å². The first-order chi connectivity index (χ1) is 9.15. The van der Waals surface area contributed by atoms with Crippen LogP contribution in [0.3, 0.4) is 0 Å². The summed E-state index contributed by atoms with van der Waals surface area (Å²) < 4.78 is 3.12. The Labute approximate surface area is 132 Å². The normalized spacial score (nSPS) is 25.5. The van der Waals surface area contributed by atoms with Gasteiger partial charge in [-0.25, -0.2) is 0 Å². The molecule has 0 aromatic carbocycles. The number of hydrogen-bond acceptors (Lipinski definition) is 4. The standard InChI is InChI=1S/C13H22BrN3S2/c1-4-5-15-11(12-10(14)8-16-17(12)3)13-9(2)18-6-7-19-13/h8-9,11,13,15H,4-7H2,1-3H3. The number of aromatic nitrogens is 2. The third-order valence-electron chi connectivity index (χ3n) is 3.41. The SMILES string of the molecule is CCCNC(c1c(Br)cnn1C)C1SCCSC1C. The van der Waals surface area contributed by atoms with E-state index in [1.807, 2.05) is 17.9 Å². The van der Waals surface area contributed by atoms with Crippen molar-refractivity contribution >= 4 is 39.5 Å². The predicted molar refractivity (Wildman–Crippen MR) is 90.1 cm³/mol. The Morgan fingerprint density at radius 3 is 2.84 bits per heavy atom. The topological polar surface area (TPSA) is 29.9 Å². The molecule has 1 fully saturated rings. The molecule has 2 heterocycles. The van der Waals surface area contributed by atoms with Crippen molar-refractivity contribution < 1.29 is 0 Å². The summed E-state index contributed by atoms with van der Waals surface area (Å²) in [6.07, 6.45) is 3.06. The molecule has 3 atom stereocenters. The summed E-state index contributed by atoms with van der Waals surface area (Å²) >= 11 is 7.85. The third kappa shape index (κ3) is 3.71. The Morgan fingerprint density at radius 1 is 1.53 bits per heavy atom. The van der Waals surface area contributed by atoms with Gasteiger partial charge in [0.2, 0.25) is 0 Å². The van der Waals surface area contributed by atoms with Crippen LogP contribution in [0.4, 0.5) is 0 Å². The monoisotopic (exact) mass is 363 g/mol. The smallest absolute Gasteiger partial charge is 0.0704 e. The lowest BCUT2D eigenvalue weighted by atomic mass is 10.1. The minimum Gasteiger partial charge on any atom is -0.308 e. The van der Waals surface area contributed by atoms with E-state index in [9.17, 15) is 0 Å². The van der Waals surface area contributed by atoms with Crippen molar-refractivity contribution in [2.75, 3.05) is 18.1 Å². The Bertz CT molecular complexity index is 391. The maximum Gasteiger partial charge on any atom is 0.0704 e. The average molecular weight is 364 g/mol. The molecule has 0 bridgehead atoms. The third-order valence-corrected chi connectivity index (χ3v) is 7.22. The van der Waals surface area contributed by atoms with Crippen molar-refractivity contribution in [1.82, 2.24) is 15.1 Å². The second-order valence-corrected chi connectivity index (χ2v) is 8.47. The Morgan fingerprint density at radius 2 is 2.26 bits per heavy atom. The van der Waals surface area contributed by atoms with Crippen LogP contribution >= 0.6 is 39.5 Å². The van der Waals surface area contributed by atoms with E-state index < -0.39 is 0 Å². The van der Waals surface area contributed by atoms with Gasteiger partial charge in [-0.2, -0.15) is 28.6 Å². The fourth-order valence-electron chi connectivity index (χ4n) is 2.45. The maximum atomic E-state index is 4.38. The highest BCUT2D eigenvalue weighted by atomic mass is 79.9. The van der Waals surface area contributed by atoms with E-state index in [-0.39, 0.29) is 0 Å². The van der Waals surface area contributed by atoms with Crippen LogP contribution in [0.2, 0.25) is 0 Å². The fourth-order valence-corrected chi connectivity index (χ4v) is 5.97. The van der Waals surface area contributed by atoms with E-state index in [0.29, 0.717) is 16.5 Å². The summed E-state index contributed by atoms with van der Waals surface area (Å²) in [5, 5.41) is 9.39. The zero-order valence-corrected chi connectivity index (χ0v) is 14.9. The van der Waals surface area contributed by atoms with Gasteiger partial charge in [-0.1, -0.05) is 13.8 Å². The molecule has 2 rings (SSSR count). The maximum absolute atomic E-state index is 4.38. The van der Waals surface area contributed by atoms with Crippen molar-refractivity contribution in [1.29, 1.82) is 0 Å². The summed E-state index contributed by atoms with van der Waals surface area (Å²) in [5.41, 5.74) is 1.28. The lowest BCUT2D eigenvalue weighted by molar-refractivity contribution is 0.475. The highest BCUT2D eigenvalue weighted by molar-refractivity contribution is 9.10. The lowest BCUT2D eigenvalue weighted by Gasteiger charge is -2.35. The van der Waals surface area contributed by atoms with Crippen LogP contribution in [0, 0.1) is 0 Å². The van der Waals surface area contributed by atoms with E-state index >= 15 is 0 Å². The Kier molecular flexibility index (Phi) is 6.11. The van der Waals surface area contributed by atoms with Crippen LogP contribution in [0.5, 0.6) is 0 Å². The van der Waals surface area contributed by atoms with Crippen molar-refractivity contribution in [2.45, 2.75) is 36.8 Å². The van der Waals surface area contributed by atoms with Crippen molar-refractivity contribution in [2.24, 2.45) is 7.05 Å². The molecule has 6 heteroatoms. The lowest BCUT2D eigenvalue weighted by Crippen LogP contribution is -2.39. The highest BCUT2D eigenvalue weighted by Gasteiger charge is 2.33. The first kappa shape index (κ1) is 15.7. The molecule has 1 aliphatic heterocycles. The van der Waals surface area contributed by atoms with Gasteiger partial charge in [0, 0.05) is 29.1 Å². The zero-order valence-electron chi connectivity index (χ0n) is 11.7. The molecule has 108 valence electrons. The first-order valence-corrected chi connectivity index (χ1v) is 9.68. The molecule has 1 saturated heterocycles. The van der Waals surface area contributed by atoms with Gasteiger partial charge in [-0.05, 0) is 28.9 Å². The fraction of sp³-hybridized carbons (Fsp3) is 0.769. The number of hydrogen-bond donors (Lipinski definition) is 1. The summed E-state index contributed by atoms with van der Waals surface area (Å²) in [4.78, 5) is 0. The summed E-state index contributed by atoms with van der Waals surface area (Å²) in [6, 6.07) is 0.370. The number of nitrogens with zero attached hydrogens (tertiary/aromatic N) is 2. The number of aryl methyl sites for hydroxylation is 1. The summed E-state index contributed by atoms with van der Waals surface area (Å²) in [6.45, 7) is 5.62. The van der Waals surface area contributed by atoms with Crippen LogP contribution in [-0.4, -0.2) is 38.3 Å². The molecule has 0 saturated carbocycles. The largest absolute Gasteiger partial charge is 0.308 e. The van der Waals surface area contributed by atoms with E-state index in [2.05, 4.69) is 63.7 Å². The van der Waals surface area contributed by atoms with E-state index in [0.717, 1.165) is 17.4 Å². The van der Waals surface area contributed by atoms with Gasteiger partial charge >= 0.3 is 0 Å². The van der Waals surface area contributed by atoms with E-state index in [1.54, 1.807) is 0 Å². The number of rotatable bonds is 5. The Balaban J connectivity index is 2.24. The molecule has 1 N–H and O–H groups in total. The predicted octanol–water partition coefficient (Wildman–Crippen LogP) is 3.46. The molecular formula is C13H22BrN3S2. The molecule has 0 aliphatic carbocycles. The number of thioether (sulfide) groups is 2. The van der Waals surface area contributed by atoms with Crippen molar-refractivity contribution in [3.63, 3.8) is 0 Å². The van der Waals surface area contributed by atoms with Gasteiger partial charge in [0.05, 0.1) is 22.4 Å². The zero-order chi connectivity index (χ0) is 13.8. The molecule has 0 radical (unpaired) electrons. The second kappa shape index (κ2) is 7.38. The van der Waals surface area contributed by atoms with Crippen molar-refractivity contribution in [3.8, 4) is 0 Å². The van der Waals surface area contributed by atoms with Gasteiger partial charge in [0.25, 0.3) is 0 Å². The number of nitrogens with one attached hydrogen (secondary N) is 1.